The Balaban J connectivity index is 1.75. The van der Waals surface area contributed by atoms with Crippen LogP contribution in [0.5, 0.6) is 0 Å². The van der Waals surface area contributed by atoms with Crippen molar-refractivity contribution in [2.24, 2.45) is 10.9 Å². The highest BCUT2D eigenvalue weighted by Gasteiger charge is 2.44. The maximum Gasteiger partial charge on any atom is 0.315 e. The molecule has 0 saturated carbocycles. The Morgan fingerprint density at radius 2 is 1.74 bits per heavy atom. The number of nitrogens with zero attached hydrogens (tertiary/aromatic N) is 2. The van der Waals surface area contributed by atoms with Crippen LogP contribution in [0.4, 0.5) is 5.69 Å². The van der Waals surface area contributed by atoms with Crippen molar-refractivity contribution < 1.29 is 24.0 Å². The molecule has 1 heterocycles. The van der Waals surface area contributed by atoms with Crippen molar-refractivity contribution in [2.75, 3.05) is 20.3 Å². The fourth-order valence-electron chi connectivity index (χ4n) is 4.81. The second-order valence-corrected chi connectivity index (χ2v) is 9.09. The van der Waals surface area contributed by atoms with E-state index in [4.69, 9.17) is 26.1 Å². The number of carbonyl (C=O) groups is 2. The van der Waals surface area contributed by atoms with Crippen LogP contribution in [0.25, 0.3) is 0 Å². The number of allylic oxidation sites excluding steroid dienone is 2. The molecule has 2 aliphatic rings. The minimum Gasteiger partial charge on any atom is -0.463 e. The minimum atomic E-state index is -0.817. The number of ether oxygens (including phenoxy) is 2. The lowest BCUT2D eigenvalue weighted by molar-refractivity contribution is -0.384. The maximum atomic E-state index is 13.5. The molecule has 3 atom stereocenters. The lowest BCUT2D eigenvalue weighted by atomic mass is 9.69. The van der Waals surface area contributed by atoms with Gasteiger partial charge in [-0.1, -0.05) is 35.9 Å². The van der Waals surface area contributed by atoms with Crippen molar-refractivity contribution in [1.29, 1.82) is 0 Å². The number of hydrogen-bond acceptors (Lipinski definition) is 7. The van der Waals surface area contributed by atoms with Crippen LogP contribution in [0.3, 0.4) is 0 Å². The topological polar surface area (TPSA) is 108 Å². The number of carbonyl (C=O) groups excluding carboxylic acids is 2. The molecule has 0 bridgehead atoms. The van der Waals surface area contributed by atoms with Crippen molar-refractivity contribution in [3.05, 3.63) is 86.1 Å². The first kappa shape index (κ1) is 24.8. The van der Waals surface area contributed by atoms with Gasteiger partial charge in [-0.25, -0.2) is 0 Å². The Hall–Kier alpha value is -3.36. The van der Waals surface area contributed by atoms with Gasteiger partial charge in [0, 0.05) is 53.6 Å². The standard InChI is InChI=1S/C26H25ClN2O6/c1-15-23(26(31)35-12-11-34-2)24(17-5-9-20(10-6-17)29(32)33)25-21(28-15)13-18(14-22(25)30)16-3-7-19(27)8-4-16/h3-10,18,23-24H,11-14H2,1-2H3/t18-,23?,24+/m0/s1. The third-order valence-electron chi connectivity index (χ3n) is 6.48. The van der Waals surface area contributed by atoms with Crippen molar-refractivity contribution in [3.8, 4) is 0 Å². The van der Waals surface area contributed by atoms with Gasteiger partial charge in [-0.2, -0.15) is 0 Å². The fraction of sp³-hybridized carbons (Fsp3) is 0.346. The van der Waals surface area contributed by atoms with E-state index >= 15 is 0 Å². The van der Waals surface area contributed by atoms with Gasteiger partial charge in [-0.05, 0) is 42.5 Å². The summed E-state index contributed by atoms with van der Waals surface area (Å²) in [6.07, 6.45) is 0.804. The summed E-state index contributed by atoms with van der Waals surface area (Å²) in [4.78, 5) is 42.1. The highest BCUT2D eigenvalue weighted by Crippen LogP contribution is 2.47. The maximum absolute atomic E-state index is 13.5. The molecule has 1 aliphatic carbocycles. The lowest BCUT2D eigenvalue weighted by Crippen LogP contribution is -2.38. The van der Waals surface area contributed by atoms with E-state index in [1.165, 1.54) is 19.2 Å². The molecule has 2 aromatic carbocycles. The van der Waals surface area contributed by atoms with Crippen LogP contribution >= 0.6 is 11.6 Å². The number of Topliss-reactive ketones (excluding diaryl/α,β-unsaturated/α-hetero) is 1. The Kier molecular flexibility index (Phi) is 7.42. The molecule has 2 aromatic rings. The molecular formula is C26H25ClN2O6. The van der Waals surface area contributed by atoms with E-state index in [-0.39, 0.29) is 37.0 Å². The number of methoxy groups -OCH3 is 1. The largest absolute Gasteiger partial charge is 0.463 e. The highest BCUT2D eigenvalue weighted by molar-refractivity contribution is 6.30. The molecule has 0 amide bonds. The van der Waals surface area contributed by atoms with Gasteiger partial charge in [0.1, 0.15) is 12.5 Å². The average molecular weight is 497 g/mol. The third-order valence-corrected chi connectivity index (χ3v) is 6.73. The van der Waals surface area contributed by atoms with Gasteiger partial charge in [-0.3, -0.25) is 24.7 Å². The number of nitro groups is 1. The average Bonchev–Trinajstić information content (AvgIpc) is 2.83. The molecular weight excluding hydrogens is 472 g/mol. The summed E-state index contributed by atoms with van der Waals surface area (Å²) < 4.78 is 10.4. The van der Waals surface area contributed by atoms with Gasteiger partial charge >= 0.3 is 5.97 Å². The summed E-state index contributed by atoms with van der Waals surface area (Å²) in [5.41, 5.74) is 3.21. The summed E-state index contributed by atoms with van der Waals surface area (Å²) in [6.45, 7) is 2.07. The van der Waals surface area contributed by atoms with Crippen LogP contribution in [0.2, 0.25) is 5.02 Å². The smallest absolute Gasteiger partial charge is 0.315 e. The predicted molar refractivity (Wildman–Crippen MR) is 131 cm³/mol. The first-order valence-electron chi connectivity index (χ1n) is 11.3. The fourth-order valence-corrected chi connectivity index (χ4v) is 4.94. The van der Waals surface area contributed by atoms with Crippen LogP contribution in [0, 0.1) is 16.0 Å². The Morgan fingerprint density at radius 1 is 1.09 bits per heavy atom. The Bertz CT molecular complexity index is 1200. The molecule has 0 spiro atoms. The van der Waals surface area contributed by atoms with Gasteiger partial charge in [0.05, 0.1) is 11.5 Å². The Labute approximate surface area is 207 Å². The number of aliphatic imine (C=N–C) groups is 1. The van der Waals surface area contributed by atoms with Crippen LogP contribution in [-0.2, 0) is 19.1 Å². The molecule has 35 heavy (non-hydrogen) atoms. The summed E-state index contributed by atoms with van der Waals surface area (Å²) in [7, 11) is 1.51. The van der Waals surface area contributed by atoms with Gasteiger partial charge in [-0.15, -0.1) is 0 Å². The van der Waals surface area contributed by atoms with E-state index < -0.39 is 22.7 Å². The molecule has 0 N–H and O–H groups in total. The number of non-ortho nitro benzene ring substituents is 1. The lowest BCUT2D eigenvalue weighted by Gasteiger charge is -2.36. The summed E-state index contributed by atoms with van der Waals surface area (Å²) in [6, 6.07) is 13.4. The van der Waals surface area contributed by atoms with Crippen molar-refractivity contribution >= 4 is 34.8 Å². The SMILES string of the molecule is COCCOC(=O)C1C(C)=NC2=C(C(=O)C[C@@H](c3ccc(Cl)cc3)C2)[C@@H]1c1ccc([N+](=O)[O-])cc1. The third kappa shape index (κ3) is 5.18. The molecule has 0 fully saturated rings. The molecule has 0 radical (unpaired) electrons. The number of esters is 1. The molecule has 1 aliphatic heterocycles. The normalized spacial score (nSPS) is 21.9. The van der Waals surface area contributed by atoms with E-state index in [1.807, 2.05) is 12.1 Å². The van der Waals surface area contributed by atoms with E-state index in [9.17, 15) is 19.7 Å². The second kappa shape index (κ2) is 10.5. The van der Waals surface area contributed by atoms with Crippen molar-refractivity contribution in [3.63, 3.8) is 0 Å². The first-order valence-corrected chi connectivity index (χ1v) is 11.6. The zero-order valence-electron chi connectivity index (χ0n) is 19.4. The van der Waals surface area contributed by atoms with Crippen molar-refractivity contribution in [2.45, 2.75) is 31.6 Å². The zero-order chi connectivity index (χ0) is 25.1. The van der Waals surface area contributed by atoms with Crippen LogP contribution in [0.1, 0.15) is 42.7 Å². The quantitative estimate of drug-likeness (QED) is 0.230. The van der Waals surface area contributed by atoms with Gasteiger partial charge in [0.2, 0.25) is 0 Å². The molecule has 0 saturated heterocycles. The number of benzene rings is 2. The molecule has 4 rings (SSSR count). The number of hydrogen-bond donors (Lipinski definition) is 0. The monoisotopic (exact) mass is 496 g/mol. The molecule has 182 valence electrons. The van der Waals surface area contributed by atoms with E-state index in [0.717, 1.165) is 5.56 Å². The summed E-state index contributed by atoms with van der Waals surface area (Å²) in [5.74, 6) is -2.12. The molecule has 9 heteroatoms. The summed E-state index contributed by atoms with van der Waals surface area (Å²) in [5, 5.41) is 11.8. The highest BCUT2D eigenvalue weighted by atomic mass is 35.5. The van der Waals surface area contributed by atoms with E-state index in [2.05, 4.69) is 0 Å². The molecule has 8 nitrogen and oxygen atoms in total. The van der Waals surface area contributed by atoms with Crippen LogP contribution in [-0.4, -0.2) is 42.7 Å². The van der Waals surface area contributed by atoms with E-state index in [1.54, 1.807) is 31.2 Å². The summed E-state index contributed by atoms with van der Waals surface area (Å²) >= 11 is 6.03. The molecule has 0 aromatic heterocycles. The van der Waals surface area contributed by atoms with Gasteiger partial charge < -0.3 is 9.47 Å². The Morgan fingerprint density at radius 3 is 2.37 bits per heavy atom. The second-order valence-electron chi connectivity index (χ2n) is 8.66. The number of rotatable bonds is 7. The number of ketones is 1. The first-order chi connectivity index (χ1) is 16.8. The van der Waals surface area contributed by atoms with E-state index in [0.29, 0.717) is 34.0 Å². The van der Waals surface area contributed by atoms with Crippen molar-refractivity contribution in [1.82, 2.24) is 0 Å². The number of nitro benzene ring substituents is 1. The predicted octanol–water partition coefficient (Wildman–Crippen LogP) is 5.01. The van der Waals surface area contributed by atoms with Gasteiger partial charge in [0.15, 0.2) is 5.78 Å². The van der Waals surface area contributed by atoms with Crippen LogP contribution < -0.4 is 0 Å². The van der Waals surface area contributed by atoms with Crippen LogP contribution in [0.15, 0.2) is 64.8 Å². The number of halogens is 1. The van der Waals surface area contributed by atoms with Gasteiger partial charge in [0.25, 0.3) is 5.69 Å². The molecule has 1 unspecified atom stereocenters. The zero-order valence-corrected chi connectivity index (χ0v) is 20.2. The minimum absolute atomic E-state index is 0.0576.